The molecule has 0 aliphatic rings. The van der Waals surface area contributed by atoms with Crippen LogP contribution in [0, 0.1) is 6.92 Å². The first-order chi connectivity index (χ1) is 10.1. The average Bonchev–Trinajstić information content (AvgIpc) is 2.49. The SMILES string of the molecule is CCCCCCC(C)OCC(N)c1cc(C)ccc1OC. The van der Waals surface area contributed by atoms with Crippen molar-refractivity contribution in [3.8, 4) is 5.75 Å². The lowest BCUT2D eigenvalue weighted by Gasteiger charge is -2.19. The molecule has 120 valence electrons. The van der Waals surface area contributed by atoms with Gasteiger partial charge in [-0.1, -0.05) is 50.3 Å². The third kappa shape index (κ3) is 6.49. The van der Waals surface area contributed by atoms with Crippen molar-refractivity contribution in [2.75, 3.05) is 13.7 Å². The molecule has 3 heteroatoms. The molecule has 0 heterocycles. The van der Waals surface area contributed by atoms with E-state index >= 15 is 0 Å². The summed E-state index contributed by atoms with van der Waals surface area (Å²) in [5.74, 6) is 0.840. The number of nitrogens with two attached hydrogens (primary N) is 1. The smallest absolute Gasteiger partial charge is 0.123 e. The zero-order chi connectivity index (χ0) is 15.7. The predicted molar refractivity (Wildman–Crippen MR) is 88.8 cm³/mol. The number of benzene rings is 1. The van der Waals surface area contributed by atoms with Crippen molar-refractivity contribution in [2.24, 2.45) is 5.73 Å². The van der Waals surface area contributed by atoms with E-state index in [1.165, 1.54) is 31.2 Å². The number of ether oxygens (including phenoxy) is 2. The molecule has 1 aromatic rings. The van der Waals surface area contributed by atoms with Gasteiger partial charge in [0.2, 0.25) is 0 Å². The Morgan fingerprint density at radius 1 is 1.19 bits per heavy atom. The van der Waals surface area contributed by atoms with Gasteiger partial charge in [-0.2, -0.15) is 0 Å². The summed E-state index contributed by atoms with van der Waals surface area (Å²) in [5, 5.41) is 0. The van der Waals surface area contributed by atoms with Crippen LogP contribution < -0.4 is 10.5 Å². The topological polar surface area (TPSA) is 44.5 Å². The van der Waals surface area contributed by atoms with Gasteiger partial charge in [0, 0.05) is 5.56 Å². The first-order valence-corrected chi connectivity index (χ1v) is 8.10. The highest BCUT2D eigenvalue weighted by molar-refractivity contribution is 5.39. The molecule has 2 unspecified atom stereocenters. The summed E-state index contributed by atoms with van der Waals surface area (Å²) in [4.78, 5) is 0. The Hall–Kier alpha value is -1.06. The minimum atomic E-state index is -0.141. The Labute approximate surface area is 129 Å². The summed E-state index contributed by atoms with van der Waals surface area (Å²) in [6.07, 6.45) is 6.49. The fourth-order valence-electron chi connectivity index (χ4n) is 2.44. The molecular weight excluding hydrogens is 262 g/mol. The van der Waals surface area contributed by atoms with Crippen LogP contribution in [-0.4, -0.2) is 19.8 Å². The summed E-state index contributed by atoms with van der Waals surface area (Å²) in [6, 6.07) is 5.95. The van der Waals surface area contributed by atoms with Crippen LogP contribution in [0.3, 0.4) is 0 Å². The highest BCUT2D eigenvalue weighted by Crippen LogP contribution is 2.25. The van der Waals surface area contributed by atoms with Crippen molar-refractivity contribution in [1.82, 2.24) is 0 Å². The van der Waals surface area contributed by atoms with Crippen LogP contribution in [0.4, 0.5) is 0 Å². The summed E-state index contributed by atoms with van der Waals surface area (Å²) in [6.45, 7) is 6.96. The van der Waals surface area contributed by atoms with Crippen molar-refractivity contribution < 1.29 is 9.47 Å². The number of hydrogen-bond acceptors (Lipinski definition) is 3. The first kappa shape index (κ1) is 18.0. The van der Waals surface area contributed by atoms with Crippen LogP contribution in [0.25, 0.3) is 0 Å². The largest absolute Gasteiger partial charge is 0.496 e. The minimum Gasteiger partial charge on any atom is -0.496 e. The Balaban J connectivity index is 2.42. The molecule has 1 aromatic carbocycles. The van der Waals surface area contributed by atoms with E-state index in [1.54, 1.807) is 7.11 Å². The van der Waals surface area contributed by atoms with E-state index in [4.69, 9.17) is 15.2 Å². The second-order valence-corrected chi connectivity index (χ2v) is 5.85. The normalized spacial score (nSPS) is 14.0. The molecule has 0 amide bonds. The predicted octanol–water partition coefficient (Wildman–Crippen LogP) is 4.38. The lowest BCUT2D eigenvalue weighted by Crippen LogP contribution is -2.21. The van der Waals surface area contributed by atoms with E-state index in [-0.39, 0.29) is 12.1 Å². The van der Waals surface area contributed by atoms with Gasteiger partial charge in [-0.05, 0) is 26.3 Å². The molecule has 0 bridgehead atoms. The van der Waals surface area contributed by atoms with E-state index in [1.807, 2.05) is 12.1 Å². The van der Waals surface area contributed by atoms with Gasteiger partial charge in [0.25, 0.3) is 0 Å². The number of rotatable bonds is 10. The maximum atomic E-state index is 6.26. The van der Waals surface area contributed by atoms with Crippen molar-refractivity contribution in [2.45, 2.75) is 65.0 Å². The van der Waals surface area contributed by atoms with Gasteiger partial charge in [0.1, 0.15) is 5.75 Å². The molecule has 0 fully saturated rings. The van der Waals surface area contributed by atoms with Gasteiger partial charge in [-0.15, -0.1) is 0 Å². The molecule has 2 N–H and O–H groups in total. The standard InChI is InChI=1S/C18H31NO2/c1-5-6-7-8-9-15(3)21-13-17(19)16-12-14(2)10-11-18(16)20-4/h10-12,15,17H,5-9,13,19H2,1-4H3. The highest BCUT2D eigenvalue weighted by Gasteiger charge is 2.14. The Bertz CT molecular complexity index is 406. The average molecular weight is 293 g/mol. The Kier molecular flexibility index (Phi) is 8.40. The number of aryl methyl sites for hydroxylation is 1. The van der Waals surface area contributed by atoms with Crippen molar-refractivity contribution >= 4 is 0 Å². The lowest BCUT2D eigenvalue weighted by atomic mass is 10.0. The minimum absolute atomic E-state index is 0.141. The second kappa shape index (κ2) is 9.80. The summed E-state index contributed by atoms with van der Waals surface area (Å²) < 4.78 is 11.3. The molecule has 3 nitrogen and oxygen atoms in total. The molecule has 0 saturated heterocycles. The van der Waals surface area contributed by atoms with Gasteiger partial charge in [0.15, 0.2) is 0 Å². The molecule has 0 aromatic heterocycles. The molecule has 0 radical (unpaired) electrons. The van der Waals surface area contributed by atoms with E-state index in [9.17, 15) is 0 Å². The summed E-state index contributed by atoms with van der Waals surface area (Å²) in [5.41, 5.74) is 8.47. The number of hydrogen-bond donors (Lipinski definition) is 1. The molecule has 1 rings (SSSR count). The maximum absolute atomic E-state index is 6.26. The molecule has 2 atom stereocenters. The lowest BCUT2D eigenvalue weighted by molar-refractivity contribution is 0.0487. The third-order valence-corrected chi connectivity index (χ3v) is 3.81. The molecule has 0 saturated carbocycles. The Morgan fingerprint density at radius 2 is 1.95 bits per heavy atom. The second-order valence-electron chi connectivity index (χ2n) is 5.85. The first-order valence-electron chi connectivity index (χ1n) is 8.10. The molecule has 0 aliphatic heterocycles. The van der Waals surface area contributed by atoms with Crippen molar-refractivity contribution in [3.05, 3.63) is 29.3 Å². The van der Waals surface area contributed by atoms with Crippen LogP contribution in [0.1, 0.15) is 63.1 Å². The van der Waals surface area contributed by atoms with Crippen LogP contribution in [0.15, 0.2) is 18.2 Å². The van der Waals surface area contributed by atoms with Gasteiger partial charge < -0.3 is 15.2 Å². The third-order valence-electron chi connectivity index (χ3n) is 3.81. The van der Waals surface area contributed by atoms with Crippen LogP contribution in [0.2, 0.25) is 0 Å². The molecular formula is C18H31NO2. The summed E-state index contributed by atoms with van der Waals surface area (Å²) >= 11 is 0. The zero-order valence-corrected chi connectivity index (χ0v) is 14.0. The number of unbranched alkanes of at least 4 members (excludes halogenated alkanes) is 3. The quantitative estimate of drug-likeness (QED) is 0.651. The van der Waals surface area contributed by atoms with Gasteiger partial charge in [-0.3, -0.25) is 0 Å². The van der Waals surface area contributed by atoms with Gasteiger partial charge in [-0.25, -0.2) is 0 Å². The molecule has 0 aliphatic carbocycles. The highest BCUT2D eigenvalue weighted by atomic mass is 16.5. The molecule has 0 spiro atoms. The van der Waals surface area contributed by atoms with E-state index in [0.29, 0.717) is 6.61 Å². The van der Waals surface area contributed by atoms with Crippen molar-refractivity contribution in [3.63, 3.8) is 0 Å². The van der Waals surface area contributed by atoms with E-state index < -0.39 is 0 Å². The fourth-order valence-corrected chi connectivity index (χ4v) is 2.44. The Morgan fingerprint density at radius 3 is 2.62 bits per heavy atom. The van der Waals surface area contributed by atoms with Gasteiger partial charge >= 0.3 is 0 Å². The molecule has 21 heavy (non-hydrogen) atoms. The van der Waals surface area contributed by atoms with E-state index in [0.717, 1.165) is 17.7 Å². The number of methoxy groups -OCH3 is 1. The zero-order valence-electron chi connectivity index (χ0n) is 14.0. The van der Waals surface area contributed by atoms with E-state index in [2.05, 4.69) is 26.8 Å². The summed E-state index contributed by atoms with van der Waals surface area (Å²) in [7, 11) is 1.68. The van der Waals surface area contributed by atoms with Crippen LogP contribution >= 0.6 is 0 Å². The monoisotopic (exact) mass is 293 g/mol. The van der Waals surface area contributed by atoms with Crippen LogP contribution in [0.5, 0.6) is 5.75 Å². The van der Waals surface area contributed by atoms with Crippen molar-refractivity contribution in [1.29, 1.82) is 0 Å². The van der Waals surface area contributed by atoms with Crippen LogP contribution in [-0.2, 0) is 4.74 Å². The fraction of sp³-hybridized carbons (Fsp3) is 0.667. The maximum Gasteiger partial charge on any atom is 0.123 e. The van der Waals surface area contributed by atoms with Gasteiger partial charge in [0.05, 0.1) is 25.9 Å².